The summed E-state index contributed by atoms with van der Waals surface area (Å²) in [5.41, 5.74) is -0.767. The second-order valence-corrected chi connectivity index (χ2v) is 6.84. The number of rotatable bonds is 6. The second kappa shape index (κ2) is 8.87. The van der Waals surface area contributed by atoms with Gasteiger partial charge in [0.25, 0.3) is 0 Å². The minimum atomic E-state index is -4.78. The van der Waals surface area contributed by atoms with Gasteiger partial charge in [-0.25, -0.2) is 9.37 Å². The molecule has 2 heterocycles. The predicted octanol–water partition coefficient (Wildman–Crippen LogP) is 6.63. The Kier molecular flexibility index (Phi) is 6.45. The van der Waals surface area contributed by atoms with Gasteiger partial charge in [0.15, 0.2) is 11.5 Å². The standard InChI is InChI=1S/C21H14ClF5N2O/c22-16-10-12(13-7-9-28-19(24)11-13)3-4-14(16)17(23)5-6-18(30)15-2-1-8-29-20(15)21(25,26)27/h1-4,7-11,17H,5-6H2. The van der Waals surface area contributed by atoms with Gasteiger partial charge in [-0.1, -0.05) is 23.7 Å². The lowest BCUT2D eigenvalue weighted by Gasteiger charge is -2.13. The summed E-state index contributed by atoms with van der Waals surface area (Å²) in [5.74, 6) is -1.54. The number of alkyl halides is 4. The molecule has 1 unspecified atom stereocenters. The number of pyridine rings is 2. The molecule has 30 heavy (non-hydrogen) atoms. The van der Waals surface area contributed by atoms with Crippen molar-refractivity contribution in [2.24, 2.45) is 0 Å². The summed E-state index contributed by atoms with van der Waals surface area (Å²) in [6, 6.07) is 9.37. The number of nitrogens with zero attached hydrogens (tertiary/aromatic N) is 2. The monoisotopic (exact) mass is 440 g/mol. The molecule has 1 aromatic carbocycles. The van der Waals surface area contributed by atoms with Gasteiger partial charge in [-0.15, -0.1) is 0 Å². The Balaban J connectivity index is 1.73. The van der Waals surface area contributed by atoms with Crippen LogP contribution in [0, 0.1) is 5.95 Å². The number of hydrogen-bond acceptors (Lipinski definition) is 3. The van der Waals surface area contributed by atoms with Crippen molar-refractivity contribution in [3.05, 3.63) is 82.6 Å². The highest BCUT2D eigenvalue weighted by Gasteiger charge is 2.36. The van der Waals surface area contributed by atoms with Crippen LogP contribution in [0.3, 0.4) is 0 Å². The fourth-order valence-corrected chi connectivity index (χ4v) is 3.25. The summed E-state index contributed by atoms with van der Waals surface area (Å²) in [5, 5.41) is 0.0574. The van der Waals surface area contributed by atoms with E-state index in [1.54, 1.807) is 6.07 Å². The third kappa shape index (κ3) is 4.99. The van der Waals surface area contributed by atoms with E-state index in [2.05, 4.69) is 9.97 Å². The Labute approximate surface area is 173 Å². The summed E-state index contributed by atoms with van der Waals surface area (Å²) in [4.78, 5) is 18.9. The molecule has 3 rings (SSSR count). The lowest BCUT2D eigenvalue weighted by Crippen LogP contribution is -2.15. The van der Waals surface area contributed by atoms with E-state index in [9.17, 15) is 26.7 Å². The molecule has 9 heteroatoms. The van der Waals surface area contributed by atoms with Gasteiger partial charge >= 0.3 is 6.18 Å². The van der Waals surface area contributed by atoms with E-state index >= 15 is 0 Å². The molecule has 0 saturated heterocycles. The van der Waals surface area contributed by atoms with E-state index in [1.165, 1.54) is 36.5 Å². The fourth-order valence-electron chi connectivity index (χ4n) is 2.95. The van der Waals surface area contributed by atoms with Crippen LogP contribution in [0.4, 0.5) is 22.0 Å². The SMILES string of the molecule is O=C(CCC(F)c1ccc(-c2ccnc(F)c2)cc1Cl)c1cccnc1C(F)(F)F. The topological polar surface area (TPSA) is 42.9 Å². The highest BCUT2D eigenvalue weighted by Crippen LogP contribution is 2.34. The molecule has 0 saturated carbocycles. The first-order valence-electron chi connectivity index (χ1n) is 8.77. The van der Waals surface area contributed by atoms with Crippen molar-refractivity contribution in [2.75, 3.05) is 0 Å². The average Bonchev–Trinajstić information content (AvgIpc) is 2.71. The van der Waals surface area contributed by atoms with E-state index in [4.69, 9.17) is 11.6 Å². The van der Waals surface area contributed by atoms with Crippen molar-refractivity contribution in [1.82, 2.24) is 9.97 Å². The van der Waals surface area contributed by atoms with Crippen LogP contribution in [0.25, 0.3) is 11.1 Å². The van der Waals surface area contributed by atoms with E-state index in [-0.39, 0.29) is 17.0 Å². The summed E-state index contributed by atoms with van der Waals surface area (Å²) in [7, 11) is 0. The van der Waals surface area contributed by atoms with Gasteiger partial charge < -0.3 is 0 Å². The molecule has 1 atom stereocenters. The van der Waals surface area contributed by atoms with Crippen LogP contribution < -0.4 is 0 Å². The molecular formula is C21H14ClF5N2O. The fraction of sp³-hybridized carbons (Fsp3) is 0.190. The predicted molar refractivity (Wildman–Crippen MR) is 101 cm³/mol. The number of halogens is 6. The number of ketones is 1. The molecule has 3 nitrogen and oxygen atoms in total. The van der Waals surface area contributed by atoms with Crippen molar-refractivity contribution >= 4 is 17.4 Å². The number of benzene rings is 1. The quantitative estimate of drug-likeness (QED) is 0.245. The number of Topliss-reactive ketones (excluding diaryl/α,β-unsaturated/α-hetero) is 1. The minimum Gasteiger partial charge on any atom is -0.294 e. The normalized spacial score (nSPS) is 12.6. The molecule has 0 aliphatic rings. The minimum absolute atomic E-state index is 0.0574. The molecule has 0 spiro atoms. The van der Waals surface area contributed by atoms with Crippen molar-refractivity contribution in [3.63, 3.8) is 0 Å². The first kappa shape index (κ1) is 21.8. The zero-order valence-corrected chi connectivity index (χ0v) is 16.0. The zero-order chi connectivity index (χ0) is 21.9. The molecule has 0 aliphatic carbocycles. The zero-order valence-electron chi connectivity index (χ0n) is 15.3. The Morgan fingerprint density at radius 2 is 1.77 bits per heavy atom. The van der Waals surface area contributed by atoms with Gasteiger partial charge in [-0.05, 0) is 41.8 Å². The Bertz CT molecular complexity index is 1070. The summed E-state index contributed by atoms with van der Waals surface area (Å²) >= 11 is 6.14. The van der Waals surface area contributed by atoms with Crippen molar-refractivity contribution < 1.29 is 26.7 Å². The van der Waals surface area contributed by atoms with Crippen LogP contribution in [0.2, 0.25) is 5.02 Å². The molecule has 3 aromatic rings. The smallest absolute Gasteiger partial charge is 0.294 e. The summed E-state index contributed by atoms with van der Waals surface area (Å²) in [6.07, 6.45) is -5.04. The number of carbonyl (C=O) groups is 1. The van der Waals surface area contributed by atoms with Crippen molar-refractivity contribution in [3.8, 4) is 11.1 Å². The van der Waals surface area contributed by atoms with Crippen molar-refractivity contribution in [1.29, 1.82) is 0 Å². The molecule has 0 bridgehead atoms. The Morgan fingerprint density at radius 1 is 1.03 bits per heavy atom. The molecule has 2 aromatic heterocycles. The van der Waals surface area contributed by atoms with E-state index in [0.717, 1.165) is 12.3 Å². The van der Waals surface area contributed by atoms with Gasteiger partial charge in [-0.2, -0.15) is 17.6 Å². The molecule has 0 aliphatic heterocycles. The van der Waals surface area contributed by atoms with Crippen LogP contribution in [0.1, 0.15) is 40.6 Å². The first-order valence-corrected chi connectivity index (χ1v) is 9.15. The Hall–Kier alpha value is -2.87. The molecular weight excluding hydrogens is 427 g/mol. The van der Waals surface area contributed by atoms with Gasteiger partial charge in [0.1, 0.15) is 6.17 Å². The molecule has 0 amide bonds. The van der Waals surface area contributed by atoms with Crippen LogP contribution in [-0.2, 0) is 6.18 Å². The van der Waals surface area contributed by atoms with Gasteiger partial charge in [-0.3, -0.25) is 9.78 Å². The van der Waals surface area contributed by atoms with Gasteiger partial charge in [0.05, 0.1) is 0 Å². The van der Waals surface area contributed by atoms with Crippen molar-refractivity contribution in [2.45, 2.75) is 25.2 Å². The van der Waals surface area contributed by atoms with Crippen LogP contribution >= 0.6 is 11.6 Å². The third-order valence-electron chi connectivity index (χ3n) is 4.40. The number of carbonyl (C=O) groups excluding carboxylic acids is 1. The van der Waals surface area contributed by atoms with Crippen LogP contribution in [0.5, 0.6) is 0 Å². The summed E-state index contributed by atoms with van der Waals surface area (Å²) < 4.78 is 66.9. The highest BCUT2D eigenvalue weighted by molar-refractivity contribution is 6.31. The summed E-state index contributed by atoms with van der Waals surface area (Å²) in [6.45, 7) is 0. The van der Waals surface area contributed by atoms with E-state index < -0.39 is 41.8 Å². The largest absolute Gasteiger partial charge is 0.434 e. The number of aromatic nitrogens is 2. The molecule has 0 N–H and O–H groups in total. The molecule has 0 radical (unpaired) electrons. The molecule has 0 fully saturated rings. The van der Waals surface area contributed by atoms with E-state index in [1.807, 2.05) is 0 Å². The van der Waals surface area contributed by atoms with Gasteiger partial charge in [0, 0.05) is 41.0 Å². The van der Waals surface area contributed by atoms with E-state index in [0.29, 0.717) is 11.1 Å². The Morgan fingerprint density at radius 3 is 2.43 bits per heavy atom. The lowest BCUT2D eigenvalue weighted by atomic mass is 9.98. The van der Waals surface area contributed by atoms with Crippen LogP contribution in [0.15, 0.2) is 54.9 Å². The maximum atomic E-state index is 14.7. The number of hydrogen-bond donors (Lipinski definition) is 0. The van der Waals surface area contributed by atoms with Crippen LogP contribution in [-0.4, -0.2) is 15.8 Å². The lowest BCUT2D eigenvalue weighted by molar-refractivity contribution is -0.141. The average molecular weight is 441 g/mol. The maximum Gasteiger partial charge on any atom is 0.434 e. The van der Waals surface area contributed by atoms with Gasteiger partial charge in [0.2, 0.25) is 5.95 Å². The maximum absolute atomic E-state index is 14.7. The highest BCUT2D eigenvalue weighted by atomic mass is 35.5. The first-order chi connectivity index (χ1) is 14.2. The third-order valence-corrected chi connectivity index (χ3v) is 4.73. The molecule has 156 valence electrons. The second-order valence-electron chi connectivity index (χ2n) is 6.43.